The topological polar surface area (TPSA) is 9.86 Å². The first-order valence-corrected chi connectivity index (χ1v) is 8.09. The van der Waals surface area contributed by atoms with Gasteiger partial charge in [0.2, 0.25) is 0 Å². The van der Waals surface area contributed by atoms with Gasteiger partial charge in [-0.25, -0.2) is 0 Å². The van der Waals surface area contributed by atoms with E-state index in [0.29, 0.717) is 0 Å². The van der Waals surface area contributed by atoms with Gasteiger partial charge in [-0.1, -0.05) is 13.8 Å². The summed E-state index contributed by atoms with van der Waals surface area (Å²) in [5, 5.41) is 0. The number of aromatic nitrogens is 2. The van der Waals surface area contributed by atoms with E-state index in [2.05, 4.69) is 53.5 Å². The molecule has 1 aliphatic heterocycles. The zero-order valence-electron chi connectivity index (χ0n) is 10.8. The molecular formula is C14H19N2P. The molecule has 1 aliphatic rings. The first-order valence-electron chi connectivity index (χ1n) is 6.39. The van der Waals surface area contributed by atoms with E-state index in [0.717, 1.165) is 19.3 Å². The number of fused-ring (bicyclic) bond motifs is 2. The van der Waals surface area contributed by atoms with Crippen molar-refractivity contribution in [2.75, 3.05) is 6.66 Å². The van der Waals surface area contributed by atoms with Crippen molar-refractivity contribution in [3.8, 4) is 0 Å². The summed E-state index contributed by atoms with van der Waals surface area (Å²) in [4.78, 5) is 0. The smallest absolute Gasteiger partial charge is 0.100 e. The molecule has 3 heterocycles. The Hall–Kier alpha value is -1.01. The molecule has 2 aromatic rings. The van der Waals surface area contributed by atoms with Gasteiger partial charge in [0.05, 0.1) is 0 Å². The van der Waals surface area contributed by atoms with Crippen molar-refractivity contribution in [2.24, 2.45) is 0 Å². The maximum atomic E-state index is 2.57. The molecule has 90 valence electrons. The van der Waals surface area contributed by atoms with E-state index < -0.39 is 0 Å². The summed E-state index contributed by atoms with van der Waals surface area (Å²) in [6, 6.07) is 9.21. The molecule has 3 heteroatoms. The van der Waals surface area contributed by atoms with E-state index in [9.17, 15) is 0 Å². The highest BCUT2D eigenvalue weighted by atomic mass is 31.1. The third-order valence-electron chi connectivity index (χ3n) is 3.69. The molecule has 0 N–H and O–H groups in total. The van der Waals surface area contributed by atoms with E-state index in [1.54, 1.807) is 0 Å². The third kappa shape index (κ3) is 1.51. The number of nitrogens with zero attached hydrogens (tertiary/aromatic N) is 2. The summed E-state index contributed by atoms with van der Waals surface area (Å²) in [6.45, 7) is 6.87. The molecular weight excluding hydrogens is 227 g/mol. The Bertz CT molecular complexity index is 502. The molecule has 0 saturated carbocycles. The van der Waals surface area contributed by atoms with E-state index in [1.165, 1.54) is 22.8 Å². The van der Waals surface area contributed by atoms with Gasteiger partial charge in [-0.2, -0.15) is 0 Å². The molecule has 0 aromatic carbocycles. The predicted octanol–water partition coefficient (Wildman–Crippen LogP) is 3.66. The highest BCUT2D eigenvalue weighted by molar-refractivity contribution is 7.53. The molecule has 3 rings (SSSR count). The van der Waals surface area contributed by atoms with Gasteiger partial charge >= 0.3 is 0 Å². The van der Waals surface area contributed by atoms with E-state index in [1.807, 2.05) is 0 Å². The Morgan fingerprint density at radius 3 is 1.82 bits per heavy atom. The van der Waals surface area contributed by atoms with E-state index in [-0.39, 0.29) is 8.22 Å². The van der Waals surface area contributed by atoms with Crippen LogP contribution in [0.2, 0.25) is 0 Å². The summed E-state index contributed by atoms with van der Waals surface area (Å²) in [5.41, 5.74) is 5.94. The number of aryl methyl sites for hydroxylation is 2. The van der Waals surface area contributed by atoms with Gasteiger partial charge in [-0.15, -0.1) is 0 Å². The molecule has 0 fully saturated rings. The van der Waals surface area contributed by atoms with Gasteiger partial charge in [0.1, 0.15) is 8.22 Å². The largest absolute Gasteiger partial charge is 0.310 e. The second kappa shape index (κ2) is 4.03. The monoisotopic (exact) mass is 246 g/mol. The standard InChI is InChI=1S/C14H19N2P/c1-4-11-6-8-13-10-14-9-7-12(5-2)16(14)17(3)15(11)13/h6-9H,4-5,10H2,1-3H3. The number of rotatable bonds is 2. The van der Waals surface area contributed by atoms with Crippen molar-refractivity contribution >= 4 is 8.22 Å². The molecule has 17 heavy (non-hydrogen) atoms. The molecule has 2 nitrogen and oxygen atoms in total. The summed E-state index contributed by atoms with van der Waals surface area (Å²) >= 11 is 0. The van der Waals surface area contributed by atoms with Crippen LogP contribution in [-0.4, -0.2) is 15.3 Å². The fourth-order valence-corrected chi connectivity index (χ4v) is 5.21. The Morgan fingerprint density at radius 1 is 0.941 bits per heavy atom. The van der Waals surface area contributed by atoms with Crippen LogP contribution >= 0.6 is 8.22 Å². The lowest BCUT2D eigenvalue weighted by molar-refractivity contribution is 0.853. The quantitative estimate of drug-likeness (QED) is 0.716. The van der Waals surface area contributed by atoms with Gasteiger partial charge in [0.25, 0.3) is 0 Å². The van der Waals surface area contributed by atoms with Crippen molar-refractivity contribution in [1.29, 1.82) is 0 Å². The van der Waals surface area contributed by atoms with Crippen molar-refractivity contribution in [3.05, 3.63) is 47.0 Å². The van der Waals surface area contributed by atoms with Crippen molar-refractivity contribution in [2.45, 2.75) is 33.1 Å². The molecule has 0 saturated heterocycles. The van der Waals surface area contributed by atoms with Gasteiger partial charge < -0.3 is 8.68 Å². The second-order valence-electron chi connectivity index (χ2n) is 4.63. The summed E-state index contributed by atoms with van der Waals surface area (Å²) in [5.74, 6) is 0. The molecule has 0 atom stereocenters. The van der Waals surface area contributed by atoms with Gasteiger partial charge in [0.15, 0.2) is 0 Å². The number of hydrogen-bond acceptors (Lipinski definition) is 0. The normalized spacial score (nSPS) is 14.8. The maximum Gasteiger partial charge on any atom is 0.100 e. The molecule has 0 bridgehead atoms. The highest BCUT2D eigenvalue weighted by Crippen LogP contribution is 2.45. The fraction of sp³-hybridized carbons (Fsp3) is 0.429. The van der Waals surface area contributed by atoms with Crippen LogP contribution in [0.25, 0.3) is 0 Å². The highest BCUT2D eigenvalue weighted by Gasteiger charge is 2.24. The van der Waals surface area contributed by atoms with Crippen molar-refractivity contribution in [1.82, 2.24) is 8.68 Å². The van der Waals surface area contributed by atoms with Crippen LogP contribution in [-0.2, 0) is 19.3 Å². The molecule has 0 unspecified atom stereocenters. The summed E-state index contributed by atoms with van der Waals surface area (Å²) < 4.78 is 5.14. The van der Waals surface area contributed by atoms with Crippen LogP contribution in [0.3, 0.4) is 0 Å². The Morgan fingerprint density at radius 2 is 1.41 bits per heavy atom. The molecule has 0 radical (unpaired) electrons. The SMILES string of the molecule is CCc1ccc2n1P(C)n1c(CC)ccc1C2. The molecule has 2 aromatic heterocycles. The molecule has 0 aliphatic carbocycles. The van der Waals surface area contributed by atoms with E-state index in [4.69, 9.17) is 0 Å². The minimum absolute atomic E-state index is 0.269. The van der Waals surface area contributed by atoms with Crippen LogP contribution in [0.4, 0.5) is 0 Å². The zero-order chi connectivity index (χ0) is 12.0. The van der Waals surface area contributed by atoms with Gasteiger partial charge in [-0.05, 0) is 43.8 Å². The Labute approximate surface area is 104 Å². The van der Waals surface area contributed by atoms with Crippen molar-refractivity contribution in [3.63, 3.8) is 0 Å². The Kier molecular flexibility index (Phi) is 2.63. The summed E-state index contributed by atoms with van der Waals surface area (Å²) in [6.07, 6.45) is 3.35. The lowest BCUT2D eigenvalue weighted by Gasteiger charge is -2.29. The summed E-state index contributed by atoms with van der Waals surface area (Å²) in [7, 11) is -0.269. The number of hydrogen-bond donors (Lipinski definition) is 0. The van der Waals surface area contributed by atoms with Gasteiger partial charge in [0, 0.05) is 29.2 Å². The van der Waals surface area contributed by atoms with E-state index >= 15 is 0 Å². The Balaban J connectivity index is 2.15. The lowest BCUT2D eigenvalue weighted by Crippen LogP contribution is -2.16. The van der Waals surface area contributed by atoms with Crippen LogP contribution in [0, 0.1) is 0 Å². The lowest BCUT2D eigenvalue weighted by atomic mass is 10.2. The van der Waals surface area contributed by atoms with Crippen LogP contribution in [0.15, 0.2) is 24.3 Å². The zero-order valence-corrected chi connectivity index (χ0v) is 11.7. The fourth-order valence-electron chi connectivity index (χ4n) is 2.86. The van der Waals surface area contributed by atoms with Crippen molar-refractivity contribution < 1.29 is 0 Å². The first kappa shape index (κ1) is 11.1. The van der Waals surface area contributed by atoms with Crippen LogP contribution < -0.4 is 0 Å². The average Bonchev–Trinajstić information content (AvgIpc) is 2.92. The van der Waals surface area contributed by atoms with Crippen LogP contribution in [0.5, 0.6) is 0 Å². The minimum Gasteiger partial charge on any atom is -0.310 e. The van der Waals surface area contributed by atoms with Gasteiger partial charge in [-0.3, -0.25) is 0 Å². The average molecular weight is 246 g/mol. The molecule has 0 spiro atoms. The maximum absolute atomic E-state index is 2.57. The predicted molar refractivity (Wildman–Crippen MR) is 74.1 cm³/mol. The van der Waals surface area contributed by atoms with Crippen LogP contribution in [0.1, 0.15) is 36.6 Å². The third-order valence-corrected chi connectivity index (χ3v) is 5.88. The first-order chi connectivity index (χ1) is 8.26. The minimum atomic E-state index is -0.269. The molecule has 0 amide bonds. The second-order valence-corrected chi connectivity index (χ2v) is 6.41.